The molecule has 0 aliphatic heterocycles. The normalized spacial score (nSPS) is 3.82. The summed E-state index contributed by atoms with van der Waals surface area (Å²) in [7, 11) is 0. The van der Waals surface area contributed by atoms with Gasteiger partial charge in [-0.25, -0.2) is 0 Å². The fraction of sp³-hybridized carbons (Fsp3) is 0.900. The summed E-state index contributed by atoms with van der Waals surface area (Å²) in [6.07, 6.45) is 2.50. The molecule has 0 bridgehead atoms. The molecular weight excluding hydrogens is 209 g/mol. The van der Waals surface area contributed by atoms with Crippen LogP contribution in [0.2, 0.25) is 0 Å². The first-order valence-corrected chi connectivity index (χ1v) is 3.54. The van der Waals surface area contributed by atoms with Crippen molar-refractivity contribution in [3.8, 4) is 0 Å². The van der Waals surface area contributed by atoms with Crippen LogP contribution in [0.25, 0.3) is 0 Å². The Labute approximate surface area is 101 Å². The van der Waals surface area contributed by atoms with Gasteiger partial charge in [0, 0.05) is 32.7 Å². The number of rotatable bonds is 0. The molecule has 0 rings (SSSR count). The summed E-state index contributed by atoms with van der Waals surface area (Å²) < 4.78 is 0. The van der Waals surface area contributed by atoms with Crippen LogP contribution in [-0.4, -0.2) is 0 Å². The second-order valence-electron chi connectivity index (χ2n) is 1.41. The van der Waals surface area contributed by atoms with Crippen LogP contribution in [0, 0.1) is 6.92 Å². The van der Waals surface area contributed by atoms with Crippen molar-refractivity contribution in [2.45, 2.75) is 62.3 Å². The van der Waals surface area contributed by atoms with Crippen LogP contribution >= 0.6 is 0 Å². The fourth-order valence-corrected chi connectivity index (χ4v) is 0. The third-order valence-electron chi connectivity index (χ3n) is 0. The van der Waals surface area contributed by atoms with Gasteiger partial charge in [0.25, 0.3) is 0 Å². The zero-order valence-electron chi connectivity index (χ0n) is 7.70. The molecule has 1 radical (unpaired) electrons. The SMILES string of the molecule is C.C.CCC.CCC.[CH2-]C.[Y]. The van der Waals surface area contributed by atoms with E-state index in [1.54, 1.807) is 6.92 Å². The van der Waals surface area contributed by atoms with Crippen LogP contribution in [0.1, 0.15) is 62.3 Å². The third kappa shape index (κ3) is 755. The van der Waals surface area contributed by atoms with Gasteiger partial charge < -0.3 is 6.92 Å². The zero-order valence-corrected chi connectivity index (χ0v) is 10.5. The van der Waals surface area contributed by atoms with Crippen LogP contribution in [0.4, 0.5) is 0 Å². The van der Waals surface area contributed by atoms with E-state index in [0.29, 0.717) is 0 Å². The summed E-state index contributed by atoms with van der Waals surface area (Å²) in [6, 6.07) is 0. The molecule has 0 aromatic rings. The van der Waals surface area contributed by atoms with Crippen molar-refractivity contribution in [1.29, 1.82) is 0 Å². The van der Waals surface area contributed by atoms with Crippen LogP contribution in [0.5, 0.6) is 0 Å². The van der Waals surface area contributed by atoms with E-state index in [4.69, 9.17) is 0 Å². The molecule has 0 fully saturated rings. The van der Waals surface area contributed by atoms with Crippen molar-refractivity contribution in [1.82, 2.24) is 0 Å². The van der Waals surface area contributed by atoms with Crippen molar-refractivity contribution in [2.75, 3.05) is 0 Å². The maximum atomic E-state index is 3.25. The Morgan fingerprint density at radius 3 is 0.727 bits per heavy atom. The second-order valence-corrected chi connectivity index (χ2v) is 1.41. The molecule has 0 amide bonds. The van der Waals surface area contributed by atoms with E-state index in [2.05, 4.69) is 34.6 Å². The van der Waals surface area contributed by atoms with Gasteiger partial charge in [-0.15, -0.1) is 0 Å². The first-order valence-electron chi connectivity index (χ1n) is 3.54. The first-order chi connectivity index (χ1) is 3.83. The predicted octanol–water partition coefficient (Wildman–Crippen LogP) is 4.94. The van der Waals surface area contributed by atoms with E-state index in [0.717, 1.165) is 0 Å². The Morgan fingerprint density at radius 2 is 0.727 bits per heavy atom. The summed E-state index contributed by atoms with van der Waals surface area (Å²) in [5.41, 5.74) is 0. The molecule has 0 aliphatic carbocycles. The van der Waals surface area contributed by atoms with Gasteiger partial charge in [-0.2, -0.15) is 6.92 Å². The van der Waals surface area contributed by atoms with Crippen molar-refractivity contribution in [2.24, 2.45) is 0 Å². The van der Waals surface area contributed by atoms with Gasteiger partial charge in [-0.1, -0.05) is 55.4 Å². The predicted molar refractivity (Wildman–Crippen MR) is 56.4 cm³/mol. The molecule has 0 aromatic heterocycles. The average Bonchev–Trinajstić information content (AvgIpc) is 1.75. The molecule has 0 saturated heterocycles. The van der Waals surface area contributed by atoms with Crippen molar-refractivity contribution in [3.05, 3.63) is 6.92 Å². The van der Waals surface area contributed by atoms with Gasteiger partial charge in [0.1, 0.15) is 0 Å². The van der Waals surface area contributed by atoms with Gasteiger partial charge in [0.2, 0.25) is 0 Å². The molecule has 73 valence electrons. The smallest absolute Gasteiger partial charge is 0 e. The Bertz CT molecular complexity index is 6.83. The third-order valence-corrected chi connectivity index (χ3v) is 0. The monoisotopic (exact) mass is 238 g/mol. The largest absolute Gasteiger partial charge is 0.346 e. The van der Waals surface area contributed by atoms with E-state index in [1.807, 2.05) is 0 Å². The number of hydrogen-bond donors (Lipinski definition) is 0. The van der Waals surface area contributed by atoms with Crippen LogP contribution in [-0.2, 0) is 32.7 Å². The van der Waals surface area contributed by atoms with E-state index >= 15 is 0 Å². The van der Waals surface area contributed by atoms with Crippen molar-refractivity contribution in [3.63, 3.8) is 0 Å². The van der Waals surface area contributed by atoms with Crippen LogP contribution in [0.15, 0.2) is 0 Å². The van der Waals surface area contributed by atoms with Crippen LogP contribution in [0.3, 0.4) is 0 Å². The molecule has 0 nitrogen and oxygen atoms in total. The molecule has 0 atom stereocenters. The van der Waals surface area contributed by atoms with Crippen molar-refractivity contribution < 1.29 is 32.7 Å². The standard InChI is InChI=1S/2C3H8.C2H5.2CH4.Y/c2*1-3-2;1-2;;;/h2*3H2,1-2H3;1H2,2H3;2*1H4;/q;;-1;;;. The second kappa shape index (κ2) is 118. The average molecular weight is 238 g/mol. The molecule has 1 heteroatoms. The summed E-state index contributed by atoms with van der Waals surface area (Å²) >= 11 is 0. The summed E-state index contributed by atoms with van der Waals surface area (Å²) in [5.74, 6) is 0. The number of hydrogen-bond acceptors (Lipinski definition) is 0. The molecule has 0 saturated carbocycles. The van der Waals surface area contributed by atoms with Gasteiger partial charge in [-0.3, -0.25) is 0 Å². The minimum absolute atomic E-state index is 0. The molecule has 0 heterocycles. The Kier molecular flexibility index (Phi) is 428. The van der Waals surface area contributed by atoms with Gasteiger partial charge >= 0.3 is 0 Å². The molecule has 0 N–H and O–H groups in total. The van der Waals surface area contributed by atoms with E-state index in [-0.39, 0.29) is 47.6 Å². The van der Waals surface area contributed by atoms with E-state index in [9.17, 15) is 0 Å². The minimum Gasteiger partial charge on any atom is -0.346 e. The topological polar surface area (TPSA) is 0 Å². The Balaban J connectivity index is -0.00000000764. The maximum absolute atomic E-state index is 3.25. The maximum Gasteiger partial charge on any atom is 0 e. The van der Waals surface area contributed by atoms with Crippen LogP contribution < -0.4 is 0 Å². The molecule has 0 spiro atoms. The summed E-state index contributed by atoms with van der Waals surface area (Å²) in [5, 5.41) is 0. The molecule has 0 aromatic carbocycles. The Hall–Kier alpha value is 1.10. The molecule has 0 unspecified atom stereocenters. The zero-order chi connectivity index (χ0) is 7.41. The minimum atomic E-state index is 0. The summed E-state index contributed by atoms with van der Waals surface area (Å²) in [4.78, 5) is 0. The van der Waals surface area contributed by atoms with E-state index < -0.39 is 0 Å². The summed E-state index contributed by atoms with van der Waals surface area (Å²) in [6.45, 7) is 13.5. The fourth-order valence-electron chi connectivity index (χ4n) is 0. The molecule has 0 aliphatic rings. The first kappa shape index (κ1) is 40.1. The quantitative estimate of drug-likeness (QED) is 0.524. The van der Waals surface area contributed by atoms with Crippen molar-refractivity contribution >= 4 is 0 Å². The molecule has 11 heavy (non-hydrogen) atoms. The Morgan fingerprint density at radius 1 is 0.727 bits per heavy atom. The van der Waals surface area contributed by atoms with Gasteiger partial charge in [0.15, 0.2) is 0 Å². The van der Waals surface area contributed by atoms with Gasteiger partial charge in [0.05, 0.1) is 0 Å². The van der Waals surface area contributed by atoms with Gasteiger partial charge in [-0.05, 0) is 0 Å². The molecular formula is C10H29Y-. The van der Waals surface area contributed by atoms with E-state index in [1.165, 1.54) is 12.8 Å².